The number of piperazine rings is 1. The van der Waals surface area contributed by atoms with Gasteiger partial charge in [0.05, 0.1) is 11.9 Å². The maximum atomic E-state index is 12.6. The summed E-state index contributed by atoms with van der Waals surface area (Å²) in [6.07, 6.45) is 4.25. The van der Waals surface area contributed by atoms with E-state index in [9.17, 15) is 4.79 Å². The van der Waals surface area contributed by atoms with Gasteiger partial charge in [-0.25, -0.2) is 4.98 Å². The lowest BCUT2D eigenvalue weighted by Crippen LogP contribution is -2.44. The number of anilines is 3. The highest BCUT2D eigenvalue weighted by atomic mass is 16.1. The van der Waals surface area contributed by atoms with Crippen LogP contribution in [0.5, 0.6) is 0 Å². The minimum atomic E-state index is -0.170. The van der Waals surface area contributed by atoms with Crippen molar-refractivity contribution in [3.05, 3.63) is 48.3 Å². The Hall–Kier alpha value is -2.60. The summed E-state index contributed by atoms with van der Waals surface area (Å²) in [5.41, 5.74) is 3.55. The molecule has 0 aliphatic carbocycles. The van der Waals surface area contributed by atoms with E-state index in [1.54, 1.807) is 0 Å². The fourth-order valence-electron chi connectivity index (χ4n) is 3.99. The molecule has 4 rings (SSSR count). The molecule has 1 aromatic carbocycles. The normalized spacial score (nSPS) is 18.7. The zero-order valence-corrected chi connectivity index (χ0v) is 17.5. The van der Waals surface area contributed by atoms with Gasteiger partial charge >= 0.3 is 0 Å². The molecule has 3 heterocycles. The highest BCUT2D eigenvalue weighted by molar-refractivity contribution is 6.03. The zero-order valence-electron chi connectivity index (χ0n) is 17.5. The molecule has 0 atom stereocenters. The Labute approximate surface area is 173 Å². The van der Waals surface area contributed by atoms with Crippen molar-refractivity contribution in [2.24, 2.45) is 5.92 Å². The van der Waals surface area contributed by atoms with Gasteiger partial charge in [-0.15, -0.1) is 0 Å². The number of benzene rings is 1. The first-order valence-electron chi connectivity index (χ1n) is 10.6. The van der Waals surface area contributed by atoms with E-state index in [1.165, 1.54) is 18.5 Å². The molecule has 1 amide bonds. The first kappa shape index (κ1) is 19.7. The van der Waals surface area contributed by atoms with Crippen LogP contribution in [0.1, 0.15) is 30.3 Å². The maximum Gasteiger partial charge on any atom is 0.274 e. The summed E-state index contributed by atoms with van der Waals surface area (Å²) < 4.78 is 0. The lowest BCUT2D eigenvalue weighted by Gasteiger charge is -2.34. The number of pyridine rings is 1. The number of rotatable bonds is 4. The standard InChI is InChI=1S/C23H31N5O/c1-18-9-11-27(12-10-18)21-7-8-22(24-17-21)23(29)25-19-3-5-20(6-4-19)28-15-13-26(2)14-16-28/h3-8,17-18H,9-16H2,1-2H3,(H,25,29). The van der Waals surface area contributed by atoms with Crippen LogP contribution in [0.15, 0.2) is 42.6 Å². The highest BCUT2D eigenvalue weighted by Gasteiger charge is 2.17. The Balaban J connectivity index is 1.34. The molecule has 2 aliphatic rings. The van der Waals surface area contributed by atoms with E-state index in [4.69, 9.17) is 0 Å². The molecule has 0 saturated carbocycles. The van der Waals surface area contributed by atoms with Crippen LogP contribution >= 0.6 is 0 Å². The number of piperidine rings is 1. The highest BCUT2D eigenvalue weighted by Crippen LogP contribution is 2.23. The van der Waals surface area contributed by atoms with Gasteiger partial charge in [0.25, 0.3) is 5.91 Å². The quantitative estimate of drug-likeness (QED) is 0.864. The number of nitrogens with zero attached hydrogens (tertiary/aromatic N) is 4. The monoisotopic (exact) mass is 393 g/mol. The van der Waals surface area contributed by atoms with Crippen molar-refractivity contribution < 1.29 is 4.79 Å². The number of aromatic nitrogens is 1. The molecule has 29 heavy (non-hydrogen) atoms. The lowest BCUT2D eigenvalue weighted by molar-refractivity contribution is 0.102. The van der Waals surface area contributed by atoms with Crippen LogP contribution in [-0.4, -0.2) is 62.1 Å². The molecule has 1 aromatic heterocycles. The molecule has 0 unspecified atom stereocenters. The summed E-state index contributed by atoms with van der Waals surface area (Å²) in [4.78, 5) is 24.0. The molecular formula is C23H31N5O. The van der Waals surface area contributed by atoms with Crippen LogP contribution in [0.2, 0.25) is 0 Å². The van der Waals surface area contributed by atoms with E-state index >= 15 is 0 Å². The van der Waals surface area contributed by atoms with Crippen molar-refractivity contribution in [3.63, 3.8) is 0 Å². The van der Waals surface area contributed by atoms with Crippen molar-refractivity contribution in [1.82, 2.24) is 9.88 Å². The second-order valence-corrected chi connectivity index (χ2v) is 8.36. The third kappa shape index (κ3) is 4.88. The summed E-state index contributed by atoms with van der Waals surface area (Å²) in [6, 6.07) is 11.9. The molecule has 2 aliphatic heterocycles. The Kier molecular flexibility index (Phi) is 6.00. The van der Waals surface area contributed by atoms with E-state index in [1.807, 2.05) is 30.5 Å². The van der Waals surface area contributed by atoms with E-state index in [0.717, 1.165) is 56.6 Å². The second kappa shape index (κ2) is 8.82. The van der Waals surface area contributed by atoms with Crippen molar-refractivity contribution in [2.75, 3.05) is 61.4 Å². The molecule has 0 radical (unpaired) electrons. The van der Waals surface area contributed by atoms with Gasteiger partial charge in [-0.3, -0.25) is 4.79 Å². The Morgan fingerprint density at radius 3 is 2.14 bits per heavy atom. The van der Waals surface area contributed by atoms with Crippen LogP contribution in [0.3, 0.4) is 0 Å². The van der Waals surface area contributed by atoms with Crippen molar-refractivity contribution in [3.8, 4) is 0 Å². The SMILES string of the molecule is CC1CCN(c2ccc(C(=O)Nc3ccc(N4CCN(C)CC4)cc3)nc2)CC1. The van der Waals surface area contributed by atoms with Crippen LogP contribution in [-0.2, 0) is 0 Å². The van der Waals surface area contributed by atoms with Gasteiger partial charge in [-0.1, -0.05) is 6.92 Å². The Morgan fingerprint density at radius 1 is 0.897 bits per heavy atom. The van der Waals surface area contributed by atoms with Crippen molar-refractivity contribution in [2.45, 2.75) is 19.8 Å². The minimum absolute atomic E-state index is 0.170. The van der Waals surface area contributed by atoms with Gasteiger partial charge in [0.2, 0.25) is 0 Å². The number of carbonyl (C=O) groups excluding carboxylic acids is 1. The van der Waals surface area contributed by atoms with Crippen molar-refractivity contribution in [1.29, 1.82) is 0 Å². The number of hydrogen-bond donors (Lipinski definition) is 1. The number of amides is 1. The number of nitrogens with one attached hydrogen (secondary N) is 1. The Bertz CT molecular complexity index is 804. The van der Waals surface area contributed by atoms with E-state index in [0.29, 0.717) is 5.69 Å². The molecule has 2 saturated heterocycles. The van der Waals surface area contributed by atoms with E-state index in [2.05, 4.69) is 51.1 Å². The number of carbonyl (C=O) groups is 1. The van der Waals surface area contributed by atoms with Gasteiger partial charge in [0.1, 0.15) is 5.69 Å². The van der Waals surface area contributed by atoms with Gasteiger partial charge in [0, 0.05) is 50.6 Å². The maximum absolute atomic E-state index is 12.6. The van der Waals surface area contributed by atoms with E-state index in [-0.39, 0.29) is 5.91 Å². The smallest absolute Gasteiger partial charge is 0.274 e. The average Bonchev–Trinajstić information content (AvgIpc) is 2.76. The first-order valence-corrected chi connectivity index (χ1v) is 10.6. The van der Waals surface area contributed by atoms with Crippen LogP contribution in [0.25, 0.3) is 0 Å². The summed E-state index contributed by atoms with van der Waals surface area (Å²) in [7, 11) is 2.16. The largest absolute Gasteiger partial charge is 0.370 e. The number of likely N-dealkylation sites (N-methyl/N-ethyl adjacent to an activating group) is 1. The first-order chi connectivity index (χ1) is 14.1. The molecule has 6 heteroatoms. The molecule has 0 spiro atoms. The number of hydrogen-bond acceptors (Lipinski definition) is 5. The molecule has 154 valence electrons. The summed E-state index contributed by atoms with van der Waals surface area (Å²) in [5.74, 6) is 0.628. The molecular weight excluding hydrogens is 362 g/mol. The third-order valence-corrected chi connectivity index (χ3v) is 6.12. The molecule has 2 fully saturated rings. The fraction of sp³-hybridized carbons (Fsp3) is 0.478. The van der Waals surface area contributed by atoms with E-state index < -0.39 is 0 Å². The minimum Gasteiger partial charge on any atom is -0.370 e. The van der Waals surface area contributed by atoms with Gasteiger partial charge in [0.15, 0.2) is 0 Å². The van der Waals surface area contributed by atoms with Crippen LogP contribution < -0.4 is 15.1 Å². The molecule has 1 N–H and O–H groups in total. The topological polar surface area (TPSA) is 51.7 Å². The van der Waals surface area contributed by atoms with Gasteiger partial charge < -0.3 is 20.0 Å². The third-order valence-electron chi connectivity index (χ3n) is 6.12. The summed E-state index contributed by atoms with van der Waals surface area (Å²) in [6.45, 7) is 8.67. The van der Waals surface area contributed by atoms with Gasteiger partial charge in [-0.2, -0.15) is 0 Å². The summed E-state index contributed by atoms with van der Waals surface area (Å²) in [5, 5.41) is 2.96. The predicted octanol–water partition coefficient (Wildman–Crippen LogP) is 3.32. The lowest BCUT2D eigenvalue weighted by atomic mass is 9.99. The predicted molar refractivity (Wildman–Crippen MR) is 119 cm³/mol. The fourth-order valence-corrected chi connectivity index (χ4v) is 3.99. The van der Waals surface area contributed by atoms with Crippen LogP contribution in [0.4, 0.5) is 17.1 Å². The second-order valence-electron chi connectivity index (χ2n) is 8.36. The Morgan fingerprint density at radius 2 is 1.52 bits per heavy atom. The molecule has 2 aromatic rings. The molecule has 6 nitrogen and oxygen atoms in total. The summed E-state index contributed by atoms with van der Waals surface area (Å²) >= 11 is 0. The molecule has 0 bridgehead atoms. The van der Waals surface area contributed by atoms with Crippen molar-refractivity contribution >= 4 is 23.0 Å². The van der Waals surface area contributed by atoms with Crippen LogP contribution in [0, 0.1) is 5.92 Å². The zero-order chi connectivity index (χ0) is 20.2. The average molecular weight is 394 g/mol. The van der Waals surface area contributed by atoms with Gasteiger partial charge in [-0.05, 0) is 62.2 Å².